The molecule has 1 amide bonds. The Morgan fingerprint density at radius 3 is 2.70 bits per heavy atom. The van der Waals surface area contributed by atoms with E-state index < -0.39 is 5.97 Å². The van der Waals surface area contributed by atoms with Gasteiger partial charge >= 0.3 is 5.97 Å². The fourth-order valence-corrected chi connectivity index (χ4v) is 2.29. The van der Waals surface area contributed by atoms with Gasteiger partial charge in [0.25, 0.3) is 5.91 Å². The monoisotopic (exact) mass is 277 g/mol. The van der Waals surface area contributed by atoms with Crippen LogP contribution in [0.1, 0.15) is 25.3 Å². The van der Waals surface area contributed by atoms with Gasteiger partial charge < -0.3 is 15.2 Å². The fourth-order valence-electron chi connectivity index (χ4n) is 2.29. The maximum atomic E-state index is 11.7. The van der Waals surface area contributed by atoms with E-state index in [1.807, 2.05) is 31.2 Å². The first-order chi connectivity index (χ1) is 9.60. The first-order valence-electron chi connectivity index (χ1n) is 6.83. The zero-order valence-corrected chi connectivity index (χ0v) is 11.5. The summed E-state index contributed by atoms with van der Waals surface area (Å²) in [4.78, 5) is 22.4. The predicted molar refractivity (Wildman–Crippen MR) is 73.6 cm³/mol. The van der Waals surface area contributed by atoms with Crippen molar-refractivity contribution in [2.24, 2.45) is 5.92 Å². The number of amides is 1. The number of benzene rings is 1. The summed E-state index contributed by atoms with van der Waals surface area (Å²) in [6, 6.07) is 7.59. The number of carbonyl (C=O) groups is 2. The molecule has 1 saturated carbocycles. The predicted octanol–water partition coefficient (Wildman–Crippen LogP) is 1.61. The van der Waals surface area contributed by atoms with E-state index in [1.165, 1.54) is 0 Å². The van der Waals surface area contributed by atoms with E-state index in [0.717, 1.165) is 17.7 Å². The first kappa shape index (κ1) is 14.4. The number of carboxylic acid groups (broad SMARTS) is 1. The second-order valence-electron chi connectivity index (χ2n) is 5.02. The van der Waals surface area contributed by atoms with Gasteiger partial charge in [-0.15, -0.1) is 0 Å². The quantitative estimate of drug-likeness (QED) is 0.828. The molecule has 0 spiro atoms. The summed E-state index contributed by atoms with van der Waals surface area (Å²) >= 11 is 0. The summed E-state index contributed by atoms with van der Waals surface area (Å²) in [6.07, 6.45) is 1.86. The minimum absolute atomic E-state index is 0.0337. The number of carboxylic acids is 1. The standard InChI is InChI=1S/C15H19NO4/c1-2-10-5-3-4-6-13(10)20-9-14(17)16-12-7-11(8-12)15(18)19/h3-6,11-12H,2,7-9H2,1H3,(H,16,17)(H,18,19). The molecule has 2 rings (SSSR count). The molecule has 0 aliphatic heterocycles. The maximum Gasteiger partial charge on any atom is 0.306 e. The van der Waals surface area contributed by atoms with Crippen LogP contribution in [0.25, 0.3) is 0 Å². The summed E-state index contributed by atoms with van der Waals surface area (Å²) in [7, 11) is 0. The Balaban J connectivity index is 1.74. The van der Waals surface area contributed by atoms with E-state index in [-0.39, 0.29) is 24.5 Å². The molecule has 0 saturated heterocycles. The van der Waals surface area contributed by atoms with Crippen molar-refractivity contribution in [3.05, 3.63) is 29.8 Å². The van der Waals surface area contributed by atoms with Crippen LogP contribution in [0, 0.1) is 5.92 Å². The molecule has 1 aromatic rings. The average Bonchev–Trinajstić information content (AvgIpc) is 2.39. The topological polar surface area (TPSA) is 75.6 Å². The van der Waals surface area contributed by atoms with Crippen molar-refractivity contribution in [3.63, 3.8) is 0 Å². The lowest BCUT2D eigenvalue weighted by atomic mass is 9.80. The molecule has 5 nitrogen and oxygen atoms in total. The molecule has 1 fully saturated rings. The zero-order chi connectivity index (χ0) is 14.5. The third kappa shape index (κ3) is 3.50. The number of hydrogen-bond acceptors (Lipinski definition) is 3. The van der Waals surface area contributed by atoms with Gasteiger partial charge in [-0.05, 0) is 30.9 Å². The number of aliphatic carboxylic acids is 1. The van der Waals surface area contributed by atoms with Gasteiger partial charge in [0.05, 0.1) is 5.92 Å². The molecule has 0 atom stereocenters. The van der Waals surface area contributed by atoms with Gasteiger partial charge in [-0.2, -0.15) is 0 Å². The van der Waals surface area contributed by atoms with Crippen LogP contribution >= 0.6 is 0 Å². The summed E-state index contributed by atoms with van der Waals surface area (Å²) in [5.41, 5.74) is 1.06. The molecular weight excluding hydrogens is 258 g/mol. The molecule has 0 bridgehead atoms. The van der Waals surface area contributed by atoms with Crippen LogP contribution in [0.4, 0.5) is 0 Å². The lowest BCUT2D eigenvalue weighted by Gasteiger charge is -2.32. The molecule has 1 aliphatic rings. The minimum atomic E-state index is -0.788. The average molecular weight is 277 g/mol. The van der Waals surface area contributed by atoms with E-state index in [9.17, 15) is 9.59 Å². The number of aryl methyl sites for hydroxylation is 1. The molecule has 0 aromatic heterocycles. The highest BCUT2D eigenvalue weighted by Crippen LogP contribution is 2.27. The number of hydrogen-bond donors (Lipinski definition) is 2. The van der Waals surface area contributed by atoms with Crippen LogP contribution in [0.2, 0.25) is 0 Å². The smallest absolute Gasteiger partial charge is 0.306 e. The van der Waals surface area contributed by atoms with E-state index >= 15 is 0 Å². The molecular formula is C15H19NO4. The molecule has 0 unspecified atom stereocenters. The Kier molecular flexibility index (Phi) is 4.61. The third-order valence-corrected chi connectivity index (χ3v) is 3.56. The Morgan fingerprint density at radius 1 is 1.35 bits per heavy atom. The second-order valence-corrected chi connectivity index (χ2v) is 5.02. The summed E-state index contributed by atoms with van der Waals surface area (Å²) < 4.78 is 5.51. The third-order valence-electron chi connectivity index (χ3n) is 3.56. The Labute approximate surface area is 117 Å². The van der Waals surface area contributed by atoms with Gasteiger partial charge in [0.1, 0.15) is 5.75 Å². The van der Waals surface area contributed by atoms with Gasteiger partial charge in [-0.3, -0.25) is 9.59 Å². The summed E-state index contributed by atoms with van der Waals surface area (Å²) in [5, 5.41) is 11.5. The zero-order valence-electron chi connectivity index (χ0n) is 11.5. The molecule has 108 valence electrons. The normalized spacial score (nSPS) is 20.9. The summed E-state index contributed by atoms with van der Waals surface area (Å²) in [5.74, 6) is -0.586. The maximum absolute atomic E-state index is 11.7. The lowest BCUT2D eigenvalue weighted by Crippen LogP contribution is -2.48. The highest BCUT2D eigenvalue weighted by molar-refractivity contribution is 5.78. The van der Waals surface area contributed by atoms with Crippen LogP contribution in [-0.2, 0) is 16.0 Å². The SMILES string of the molecule is CCc1ccccc1OCC(=O)NC1CC(C(=O)O)C1. The van der Waals surface area contributed by atoms with E-state index in [4.69, 9.17) is 9.84 Å². The highest BCUT2D eigenvalue weighted by atomic mass is 16.5. The number of carbonyl (C=O) groups excluding carboxylic acids is 1. The summed E-state index contributed by atoms with van der Waals surface area (Å²) in [6.45, 7) is 1.99. The van der Waals surface area contributed by atoms with Crippen molar-refractivity contribution in [3.8, 4) is 5.75 Å². The number of para-hydroxylation sites is 1. The van der Waals surface area contributed by atoms with Gasteiger partial charge in [-0.1, -0.05) is 25.1 Å². The Bertz CT molecular complexity index is 494. The van der Waals surface area contributed by atoms with E-state index in [2.05, 4.69) is 5.32 Å². The van der Waals surface area contributed by atoms with Crippen LogP contribution in [0.5, 0.6) is 5.75 Å². The van der Waals surface area contributed by atoms with Crippen molar-refractivity contribution >= 4 is 11.9 Å². The van der Waals surface area contributed by atoms with Gasteiger partial charge in [0.15, 0.2) is 6.61 Å². The van der Waals surface area contributed by atoms with Gasteiger partial charge in [0, 0.05) is 6.04 Å². The molecule has 0 heterocycles. The van der Waals surface area contributed by atoms with Crippen LogP contribution in [0.15, 0.2) is 24.3 Å². The van der Waals surface area contributed by atoms with Crippen molar-refractivity contribution in [1.29, 1.82) is 0 Å². The lowest BCUT2D eigenvalue weighted by molar-refractivity contribution is -0.146. The molecule has 0 radical (unpaired) electrons. The van der Waals surface area contributed by atoms with Crippen molar-refractivity contribution in [1.82, 2.24) is 5.32 Å². The molecule has 20 heavy (non-hydrogen) atoms. The van der Waals surface area contributed by atoms with Crippen molar-refractivity contribution in [2.45, 2.75) is 32.2 Å². The van der Waals surface area contributed by atoms with Crippen LogP contribution < -0.4 is 10.1 Å². The minimum Gasteiger partial charge on any atom is -0.483 e. The number of rotatable bonds is 6. The van der Waals surface area contributed by atoms with Gasteiger partial charge in [0.2, 0.25) is 0 Å². The van der Waals surface area contributed by atoms with Crippen molar-refractivity contribution < 1.29 is 19.4 Å². The Hall–Kier alpha value is -2.04. The highest BCUT2D eigenvalue weighted by Gasteiger charge is 2.35. The molecule has 1 aromatic carbocycles. The van der Waals surface area contributed by atoms with E-state index in [1.54, 1.807) is 0 Å². The molecule has 2 N–H and O–H groups in total. The number of nitrogens with one attached hydrogen (secondary N) is 1. The fraction of sp³-hybridized carbons (Fsp3) is 0.467. The number of ether oxygens (including phenoxy) is 1. The Morgan fingerprint density at radius 2 is 2.05 bits per heavy atom. The molecule has 1 aliphatic carbocycles. The van der Waals surface area contributed by atoms with E-state index in [0.29, 0.717) is 12.8 Å². The largest absolute Gasteiger partial charge is 0.483 e. The van der Waals surface area contributed by atoms with Crippen LogP contribution in [0.3, 0.4) is 0 Å². The van der Waals surface area contributed by atoms with Gasteiger partial charge in [-0.25, -0.2) is 0 Å². The molecule has 5 heteroatoms. The first-order valence-corrected chi connectivity index (χ1v) is 6.83. The van der Waals surface area contributed by atoms with Crippen LogP contribution in [-0.4, -0.2) is 29.6 Å². The second kappa shape index (κ2) is 6.41. The van der Waals surface area contributed by atoms with Crippen molar-refractivity contribution in [2.75, 3.05) is 6.61 Å².